The zero-order valence-corrected chi connectivity index (χ0v) is 32.1. The van der Waals surface area contributed by atoms with Crippen LogP contribution in [-0.4, -0.2) is 11.8 Å². The lowest BCUT2D eigenvalue weighted by Crippen LogP contribution is -2.37. The molecule has 2 nitrogen and oxygen atoms in total. The highest BCUT2D eigenvalue weighted by atomic mass is 15.0. The number of anilines is 2. The molecule has 2 aliphatic carbocycles. The zero-order valence-electron chi connectivity index (χ0n) is 32.1. The third-order valence-electron chi connectivity index (χ3n) is 14.0. The van der Waals surface area contributed by atoms with Crippen molar-refractivity contribution >= 4 is 51.4 Å². The first-order chi connectivity index (χ1) is 26.7. The molecule has 12 rings (SSSR count). The van der Waals surface area contributed by atoms with Crippen LogP contribution in [0, 0.1) is 6.92 Å². The number of hydrogen-bond donors (Lipinski definition) is 1. The van der Waals surface area contributed by atoms with Gasteiger partial charge in [-0.1, -0.05) is 142 Å². The Morgan fingerprint density at radius 2 is 1.16 bits per heavy atom. The fourth-order valence-electron chi connectivity index (χ4n) is 11.3. The van der Waals surface area contributed by atoms with Crippen LogP contribution in [-0.2, 0) is 16.2 Å². The number of para-hydroxylation sites is 3. The number of hydrogen-bond acceptors (Lipinski definition) is 1. The fraction of sp³-hybridized carbons (Fsp3) is 0.192. The van der Waals surface area contributed by atoms with Crippen LogP contribution in [0.25, 0.3) is 49.7 Å². The third kappa shape index (κ3) is 3.86. The summed E-state index contributed by atoms with van der Waals surface area (Å²) in [7, 11) is 2.46. The molecule has 0 atom stereocenters. The number of nitrogens with zero attached hydrogens (tertiary/aromatic N) is 1. The molecule has 0 saturated carbocycles. The largest absolute Gasteiger partial charge is 0.354 e. The maximum absolute atomic E-state index is 4.05. The molecule has 7 aromatic carbocycles. The number of aryl methyl sites for hydroxylation is 1. The van der Waals surface area contributed by atoms with Crippen molar-refractivity contribution in [3.63, 3.8) is 0 Å². The number of rotatable bonds is 1. The minimum Gasteiger partial charge on any atom is -0.354 e. The number of aromatic nitrogens is 1. The highest BCUT2D eigenvalue weighted by molar-refractivity contribution is 6.73. The molecule has 1 spiro atoms. The highest BCUT2D eigenvalue weighted by Crippen LogP contribution is 2.62. The Balaban J connectivity index is 1.20. The molecule has 0 unspecified atom stereocenters. The lowest BCUT2D eigenvalue weighted by Gasteiger charge is -2.42. The van der Waals surface area contributed by atoms with Crippen LogP contribution in [0.4, 0.5) is 11.4 Å². The van der Waals surface area contributed by atoms with Crippen LogP contribution in [0.3, 0.4) is 0 Å². The van der Waals surface area contributed by atoms with Crippen molar-refractivity contribution in [3.8, 4) is 27.9 Å². The molecule has 0 fully saturated rings. The molecular weight excluding hydrogens is 663 g/mol. The van der Waals surface area contributed by atoms with Gasteiger partial charge in [0.05, 0.1) is 16.6 Å². The normalized spacial score (nSPS) is 17.0. The van der Waals surface area contributed by atoms with E-state index in [0.29, 0.717) is 0 Å². The average molecular weight is 706 g/mol. The van der Waals surface area contributed by atoms with E-state index in [4.69, 9.17) is 0 Å². The van der Waals surface area contributed by atoms with Crippen molar-refractivity contribution in [3.05, 3.63) is 172 Å². The van der Waals surface area contributed by atoms with Crippen molar-refractivity contribution in [2.45, 2.75) is 63.7 Å². The molecule has 0 bridgehead atoms. The van der Waals surface area contributed by atoms with E-state index in [-0.39, 0.29) is 10.8 Å². The monoisotopic (exact) mass is 705 g/mol. The minimum absolute atomic E-state index is 0.123. The lowest BCUT2D eigenvalue weighted by molar-refractivity contribution is 0.332. The van der Waals surface area contributed by atoms with E-state index in [1.165, 1.54) is 124 Å². The van der Waals surface area contributed by atoms with Gasteiger partial charge in [0.25, 0.3) is 0 Å². The predicted molar refractivity (Wildman–Crippen MR) is 232 cm³/mol. The number of benzene rings is 7. The first-order valence-electron chi connectivity index (χ1n) is 20.0. The summed E-state index contributed by atoms with van der Waals surface area (Å²) in [5, 5.41) is 6.80. The van der Waals surface area contributed by atoms with Gasteiger partial charge in [-0.25, -0.2) is 0 Å². The Kier molecular flexibility index (Phi) is 6.01. The molecule has 263 valence electrons. The van der Waals surface area contributed by atoms with E-state index in [2.05, 4.69) is 185 Å². The standard InChI is InChI=1S/C52H42BN2/c1-30-27-34(47-49-46(30)35-28-40-41(51(4,5)26-25-50(40,2)3)29-45(35)55(49)44-24-13-11-22-42(44)53-47)33-17-14-21-39-48(33)54-43-23-12-10-20-38(43)52(39)36-18-8-6-15-31(36)32-16-7-9-19-37(32)52/h6-24,27-29,54H,25-26H2,1-5H3. The van der Waals surface area contributed by atoms with Gasteiger partial charge in [0.15, 0.2) is 7.28 Å². The first-order valence-corrected chi connectivity index (χ1v) is 20.0. The molecule has 0 saturated heterocycles. The van der Waals surface area contributed by atoms with E-state index in [0.717, 1.165) is 0 Å². The second-order valence-electron chi connectivity index (χ2n) is 17.8. The van der Waals surface area contributed by atoms with Crippen molar-refractivity contribution in [1.82, 2.24) is 4.57 Å². The molecule has 8 aromatic rings. The molecule has 3 heteroatoms. The van der Waals surface area contributed by atoms with Crippen LogP contribution >= 0.6 is 0 Å². The van der Waals surface area contributed by atoms with Gasteiger partial charge in [-0.3, -0.25) is 0 Å². The quantitative estimate of drug-likeness (QED) is 0.168. The van der Waals surface area contributed by atoms with Gasteiger partial charge < -0.3 is 9.88 Å². The summed E-state index contributed by atoms with van der Waals surface area (Å²) in [6.07, 6.45) is 2.40. The average Bonchev–Trinajstić information content (AvgIpc) is 3.70. The summed E-state index contributed by atoms with van der Waals surface area (Å²) in [5.74, 6) is 0. The van der Waals surface area contributed by atoms with Crippen molar-refractivity contribution in [2.24, 2.45) is 0 Å². The maximum Gasteiger partial charge on any atom is 0.197 e. The van der Waals surface area contributed by atoms with Gasteiger partial charge in [0, 0.05) is 33.2 Å². The molecule has 1 N–H and O–H groups in total. The van der Waals surface area contributed by atoms with Gasteiger partial charge >= 0.3 is 0 Å². The van der Waals surface area contributed by atoms with Gasteiger partial charge in [0.2, 0.25) is 0 Å². The Hall–Kier alpha value is -5.80. The van der Waals surface area contributed by atoms with E-state index in [9.17, 15) is 0 Å². The van der Waals surface area contributed by atoms with Gasteiger partial charge in [-0.15, -0.1) is 0 Å². The van der Waals surface area contributed by atoms with Crippen LogP contribution in [0.15, 0.2) is 133 Å². The SMILES string of the molecule is Cc1cc(-c2cccc3c2Nc2ccccc2C32c3ccccc3-c3ccccc32)c2c3c1c1cc4c(cc1n3-c1ccccc1[B]2)C(C)(C)CCC4(C)C. The second-order valence-corrected chi connectivity index (χ2v) is 17.8. The Bertz CT molecular complexity index is 2970. The number of fused-ring (bicyclic) bond motifs is 15. The van der Waals surface area contributed by atoms with Gasteiger partial charge in [0.1, 0.15) is 0 Å². The van der Waals surface area contributed by atoms with Crippen LogP contribution in [0.2, 0.25) is 0 Å². The maximum atomic E-state index is 4.05. The van der Waals surface area contributed by atoms with E-state index < -0.39 is 5.41 Å². The third-order valence-corrected chi connectivity index (χ3v) is 14.0. The molecular formula is C52H42BN2. The molecule has 1 radical (unpaired) electrons. The van der Waals surface area contributed by atoms with E-state index in [1.54, 1.807) is 0 Å². The predicted octanol–water partition coefficient (Wildman–Crippen LogP) is 11.5. The van der Waals surface area contributed by atoms with Gasteiger partial charge in [-0.05, 0) is 116 Å². The first kappa shape index (κ1) is 31.5. The van der Waals surface area contributed by atoms with E-state index >= 15 is 0 Å². The van der Waals surface area contributed by atoms with Crippen LogP contribution in [0.1, 0.15) is 79.5 Å². The smallest absolute Gasteiger partial charge is 0.197 e. The van der Waals surface area contributed by atoms with Crippen LogP contribution in [0.5, 0.6) is 0 Å². The van der Waals surface area contributed by atoms with Crippen molar-refractivity contribution < 1.29 is 0 Å². The van der Waals surface area contributed by atoms with Crippen molar-refractivity contribution in [1.29, 1.82) is 0 Å². The summed E-state index contributed by atoms with van der Waals surface area (Å²) in [6, 6.07) is 50.8. The minimum atomic E-state index is -0.444. The second kappa shape index (κ2) is 10.5. The fourth-order valence-corrected chi connectivity index (χ4v) is 11.3. The zero-order chi connectivity index (χ0) is 37.0. The Morgan fingerprint density at radius 1 is 0.564 bits per heavy atom. The summed E-state index contributed by atoms with van der Waals surface area (Å²) >= 11 is 0. The summed E-state index contributed by atoms with van der Waals surface area (Å²) < 4.78 is 2.60. The Labute approximate surface area is 324 Å². The highest BCUT2D eigenvalue weighted by Gasteiger charge is 2.50. The molecule has 4 aliphatic rings. The number of nitrogens with one attached hydrogen (secondary N) is 1. The molecule has 0 amide bonds. The molecule has 3 heterocycles. The van der Waals surface area contributed by atoms with Crippen LogP contribution < -0.4 is 16.2 Å². The van der Waals surface area contributed by atoms with E-state index in [1.807, 2.05) is 0 Å². The summed E-state index contributed by atoms with van der Waals surface area (Å²) in [5.41, 5.74) is 23.4. The summed E-state index contributed by atoms with van der Waals surface area (Å²) in [6.45, 7) is 12.1. The molecule has 2 aliphatic heterocycles. The lowest BCUT2D eigenvalue weighted by atomic mass is 9.58. The summed E-state index contributed by atoms with van der Waals surface area (Å²) in [4.78, 5) is 0. The topological polar surface area (TPSA) is 17.0 Å². The Morgan fingerprint density at radius 3 is 1.91 bits per heavy atom. The molecule has 55 heavy (non-hydrogen) atoms. The van der Waals surface area contributed by atoms with Gasteiger partial charge in [-0.2, -0.15) is 0 Å². The van der Waals surface area contributed by atoms with Crippen molar-refractivity contribution in [2.75, 3.05) is 5.32 Å². The molecule has 1 aromatic heterocycles.